The van der Waals surface area contributed by atoms with Crippen LogP contribution in [0.2, 0.25) is 0 Å². The molecule has 0 unspecified atom stereocenters. The fourth-order valence-electron chi connectivity index (χ4n) is 11.2. The van der Waals surface area contributed by atoms with Gasteiger partial charge in [-0.05, 0) is 80.6 Å². The molecule has 1 saturated carbocycles. The summed E-state index contributed by atoms with van der Waals surface area (Å²) < 4.78 is 20.5. The maximum absolute atomic E-state index is 14.7. The van der Waals surface area contributed by atoms with Gasteiger partial charge in [0.1, 0.15) is 24.7 Å². The van der Waals surface area contributed by atoms with E-state index in [1.165, 1.54) is 89.9 Å². The summed E-state index contributed by atoms with van der Waals surface area (Å²) in [7, 11) is 1.58. The van der Waals surface area contributed by atoms with Gasteiger partial charge in [0.15, 0.2) is 0 Å². The van der Waals surface area contributed by atoms with Gasteiger partial charge in [0.05, 0.1) is 18.2 Å². The van der Waals surface area contributed by atoms with Gasteiger partial charge < -0.3 is 39.5 Å². The van der Waals surface area contributed by atoms with E-state index in [4.69, 9.17) is 24.2 Å². The zero-order valence-corrected chi connectivity index (χ0v) is 42.6. The van der Waals surface area contributed by atoms with Crippen LogP contribution in [0.25, 0.3) is 0 Å². The molecule has 0 radical (unpaired) electrons. The van der Waals surface area contributed by atoms with E-state index in [1.807, 2.05) is 17.0 Å². The minimum absolute atomic E-state index is 0.0774. The molecule has 0 aromatic heterocycles. The van der Waals surface area contributed by atoms with Crippen molar-refractivity contribution in [2.45, 2.75) is 218 Å². The van der Waals surface area contributed by atoms with Crippen molar-refractivity contribution >= 4 is 17.7 Å². The van der Waals surface area contributed by atoms with E-state index >= 15 is 0 Å². The highest BCUT2D eigenvalue weighted by Crippen LogP contribution is 2.62. The topological polar surface area (TPSA) is 139 Å². The largest absolute Gasteiger partial charge is 0.459 e. The number of fused-ring (bicyclic) bond motifs is 2. The second-order valence-corrected chi connectivity index (χ2v) is 19.6. The smallest absolute Gasteiger partial charge is 0.412 e. The van der Waals surface area contributed by atoms with E-state index in [9.17, 15) is 19.8 Å². The lowest BCUT2D eigenvalue weighted by atomic mass is 9.55. The summed E-state index contributed by atoms with van der Waals surface area (Å²) in [5.41, 5.74) is 2.70. The second-order valence-electron chi connectivity index (χ2n) is 19.6. The van der Waals surface area contributed by atoms with Crippen LogP contribution in [0.5, 0.6) is 11.5 Å². The van der Waals surface area contributed by atoms with Crippen LogP contribution in [0, 0.1) is 17.8 Å². The molecule has 2 aliphatic carbocycles. The first-order chi connectivity index (χ1) is 32.8. The molecule has 2 amide bonds. The van der Waals surface area contributed by atoms with Gasteiger partial charge >= 0.3 is 6.09 Å². The van der Waals surface area contributed by atoms with E-state index in [-0.39, 0.29) is 43.5 Å². The molecule has 0 bridgehead atoms. The molecule has 0 saturated heterocycles. The number of nitrogens with one attached hydrogen (secondary N) is 1. The highest BCUT2D eigenvalue weighted by molar-refractivity contribution is 6.03. The monoisotopic (exact) mass is 936 g/mol. The minimum atomic E-state index is -1.30. The molecule has 3 N–H and O–H groups in total. The molecule has 11 nitrogen and oxygen atoms in total. The van der Waals surface area contributed by atoms with Gasteiger partial charge in [-0.1, -0.05) is 160 Å². The normalized spacial score (nSPS) is 22.3. The Morgan fingerprint density at radius 2 is 1.43 bits per heavy atom. The zero-order valence-electron chi connectivity index (χ0n) is 42.6. The average molecular weight is 936 g/mol. The van der Waals surface area contributed by atoms with Gasteiger partial charge in [0.2, 0.25) is 11.7 Å². The number of allylic oxidation sites excluding steroid dienone is 1. The molecular weight excluding hydrogens is 843 g/mol. The van der Waals surface area contributed by atoms with E-state index in [2.05, 4.69) is 38.7 Å². The molecule has 1 aromatic carbocycles. The van der Waals surface area contributed by atoms with E-state index in [0.717, 1.165) is 81.1 Å². The van der Waals surface area contributed by atoms with Crippen molar-refractivity contribution in [3.05, 3.63) is 48.1 Å². The van der Waals surface area contributed by atoms with Crippen molar-refractivity contribution in [2.24, 2.45) is 22.9 Å². The molecule has 67 heavy (non-hydrogen) atoms. The number of unbranched alkanes of at least 4 members (excludes halogenated alkanes) is 19. The van der Waals surface area contributed by atoms with Gasteiger partial charge in [0, 0.05) is 50.6 Å². The van der Waals surface area contributed by atoms with Gasteiger partial charge in [0.25, 0.3) is 0 Å². The van der Waals surface area contributed by atoms with Crippen molar-refractivity contribution in [1.82, 2.24) is 10.2 Å². The summed E-state index contributed by atoms with van der Waals surface area (Å²) in [5, 5.41) is 27.6. The number of ether oxygens (including phenoxy) is 3. The molecule has 4 rings (SSSR count). The Kier molecular flexibility index (Phi) is 27.2. The number of hydrogen-bond donors (Lipinski definition) is 3. The third-order valence-electron chi connectivity index (χ3n) is 14.5. The number of aliphatic hydroxyl groups is 2. The van der Waals surface area contributed by atoms with E-state index < -0.39 is 23.8 Å². The SMILES string of the molecule is C=CCO[C@@]12Oc3ccc(OC(=O)NCCCCCCCCCCCC)cc3[C@H]3[C@H](CCCCO)[C@@H](CCCCO)C=C(C(=NOC)C[C@@H]1N(CCC)C(=O)CCCCCCCCCCC)[C@H]32. The number of hydrogen-bond acceptors (Lipinski definition) is 9. The number of aliphatic hydroxyl groups excluding tert-OH is 2. The highest BCUT2D eigenvalue weighted by atomic mass is 16.7. The molecule has 6 atom stereocenters. The Bertz CT molecular complexity index is 1630. The molecule has 11 heteroatoms. The average Bonchev–Trinajstić information content (AvgIpc) is 3.33. The fraction of sp³-hybridized carbons (Fsp3) is 0.768. The molecule has 0 spiro atoms. The number of rotatable bonds is 37. The minimum Gasteiger partial charge on any atom is -0.459 e. The Balaban J connectivity index is 1.68. The van der Waals surface area contributed by atoms with Crippen LogP contribution in [-0.2, 0) is 14.4 Å². The Morgan fingerprint density at radius 3 is 2.03 bits per heavy atom. The summed E-state index contributed by atoms with van der Waals surface area (Å²) in [5.74, 6) is -0.529. The van der Waals surface area contributed by atoms with Gasteiger partial charge in [-0.15, -0.1) is 6.58 Å². The first-order valence-electron chi connectivity index (χ1n) is 27.2. The molecule has 1 fully saturated rings. The van der Waals surface area contributed by atoms with Gasteiger partial charge in [-0.3, -0.25) is 4.79 Å². The van der Waals surface area contributed by atoms with Crippen LogP contribution >= 0.6 is 0 Å². The van der Waals surface area contributed by atoms with Crippen molar-refractivity contribution < 1.29 is 38.9 Å². The van der Waals surface area contributed by atoms with Crippen molar-refractivity contribution in [1.29, 1.82) is 0 Å². The molecule has 380 valence electrons. The van der Waals surface area contributed by atoms with Crippen molar-refractivity contribution in [3.63, 3.8) is 0 Å². The molecule has 1 aliphatic heterocycles. The lowest BCUT2D eigenvalue weighted by molar-refractivity contribution is -0.257. The zero-order chi connectivity index (χ0) is 48.1. The first-order valence-corrected chi connectivity index (χ1v) is 27.2. The lowest BCUT2D eigenvalue weighted by Crippen LogP contribution is -2.70. The summed E-state index contributed by atoms with van der Waals surface area (Å²) >= 11 is 0. The van der Waals surface area contributed by atoms with Crippen molar-refractivity contribution in [3.8, 4) is 11.5 Å². The van der Waals surface area contributed by atoms with E-state index in [0.29, 0.717) is 50.3 Å². The van der Waals surface area contributed by atoms with Crippen LogP contribution in [0.3, 0.4) is 0 Å². The number of carbonyl (C=O) groups is 2. The van der Waals surface area contributed by atoms with Gasteiger partial charge in [-0.25, -0.2) is 4.79 Å². The lowest BCUT2D eigenvalue weighted by Gasteiger charge is -2.60. The third kappa shape index (κ3) is 17.2. The number of carbonyl (C=O) groups excluding carboxylic acids is 2. The summed E-state index contributed by atoms with van der Waals surface area (Å²) in [6, 6.07) is 5.15. The first kappa shape index (κ1) is 56.2. The number of amides is 2. The quantitative estimate of drug-likeness (QED) is 0.0340. The number of oxime groups is 1. The van der Waals surface area contributed by atoms with Crippen LogP contribution in [0.4, 0.5) is 4.79 Å². The molecule has 3 aliphatic rings. The molecule has 1 heterocycles. The maximum Gasteiger partial charge on any atom is 0.412 e. The standard InChI is InChI=1S/C56H93N3O8/c1-6-10-12-14-16-18-20-22-24-28-36-57-55(63)66-45-34-35-50-48(42-45)53-46(32-27-30-39-61)44(31-26-29-38-60)41-47-49(58-64-5)43-51(56(67-50,54(47)53)65-40-9-4)59(37-8-3)52(62)33-25-23-21-19-17-15-13-11-7-2/h9,34-35,41-42,44,46,51,53-54,60-61H,4,6-8,10-33,36-40,43H2,1-3,5H3,(H,57,63)/t44-,46+,51-,53+,54+,56+/m0/s1. The predicted molar refractivity (Wildman–Crippen MR) is 272 cm³/mol. The van der Waals surface area contributed by atoms with Gasteiger partial charge in [-0.2, -0.15) is 0 Å². The summed E-state index contributed by atoms with van der Waals surface area (Å²) in [6.07, 6.45) is 32.8. The van der Waals surface area contributed by atoms with E-state index in [1.54, 1.807) is 19.3 Å². The van der Waals surface area contributed by atoms with Crippen LogP contribution in [0.15, 0.2) is 47.7 Å². The van der Waals surface area contributed by atoms with Crippen LogP contribution in [-0.4, -0.2) is 84.7 Å². The molecule has 1 aromatic rings. The van der Waals surface area contributed by atoms with Crippen molar-refractivity contribution in [2.75, 3.05) is 40.0 Å². The Hall–Kier alpha value is -3.41. The Labute approximate surface area is 406 Å². The summed E-state index contributed by atoms with van der Waals surface area (Å²) in [6.45, 7) is 12.2. The van der Waals surface area contributed by atoms with Crippen LogP contribution in [0.1, 0.15) is 212 Å². The Morgan fingerprint density at radius 1 is 0.821 bits per heavy atom. The highest BCUT2D eigenvalue weighted by Gasteiger charge is 2.65. The number of benzene rings is 1. The predicted octanol–water partition coefficient (Wildman–Crippen LogP) is 13.1. The number of nitrogens with zero attached hydrogens (tertiary/aromatic N) is 2. The third-order valence-corrected chi connectivity index (χ3v) is 14.5. The second kappa shape index (κ2) is 32.4. The summed E-state index contributed by atoms with van der Waals surface area (Å²) in [4.78, 5) is 35.6. The van der Waals surface area contributed by atoms with Crippen LogP contribution < -0.4 is 14.8 Å². The molecular formula is C56H93N3O8. The fourth-order valence-corrected chi connectivity index (χ4v) is 11.2. The maximum atomic E-state index is 14.7.